The third kappa shape index (κ3) is 5.90. The van der Waals surface area contributed by atoms with Crippen molar-refractivity contribution >= 4 is 71.7 Å². The van der Waals surface area contributed by atoms with Crippen LogP contribution in [0.25, 0.3) is 99.2 Å². The average Bonchev–Trinajstić information content (AvgIpc) is 3.90. The van der Waals surface area contributed by atoms with E-state index in [0.717, 1.165) is 88.8 Å². The van der Waals surface area contributed by atoms with Crippen LogP contribution in [0.3, 0.4) is 0 Å². The highest BCUT2D eigenvalue weighted by molar-refractivity contribution is 6.10. The molecule has 0 unspecified atom stereocenters. The van der Waals surface area contributed by atoms with Crippen LogP contribution >= 0.6 is 0 Å². The summed E-state index contributed by atoms with van der Waals surface area (Å²) in [5.41, 5.74) is 15.8. The molecule has 0 amide bonds. The lowest BCUT2D eigenvalue weighted by molar-refractivity contribution is 0.669. The van der Waals surface area contributed by atoms with E-state index in [2.05, 4.69) is 205 Å². The van der Waals surface area contributed by atoms with Gasteiger partial charge in [-0.2, -0.15) is 0 Å². The summed E-state index contributed by atoms with van der Waals surface area (Å²) in [6.45, 7) is 0. The van der Waals surface area contributed by atoms with E-state index in [1.807, 2.05) is 24.3 Å². The van der Waals surface area contributed by atoms with E-state index in [1.165, 1.54) is 27.5 Å². The normalized spacial score (nSPS) is 11.6. The van der Waals surface area contributed by atoms with Gasteiger partial charge in [0.05, 0.1) is 5.69 Å². The lowest BCUT2D eigenvalue weighted by atomic mass is 9.91. The minimum absolute atomic E-state index is 0.871. The number of furan rings is 2. The standard InChI is InChI=1S/C58H37NO2/c1-2-18-44-38(14-1)15-12-25-49(44)48-21-4-3-19-45(48)40-16-11-17-43(36-40)59(42-33-30-39(31-34-42)47-24-13-26-53-51-23-7-10-29-56(51)61-58(47)53)54-27-8-5-20-46(54)41-32-35-52-50-22-6-9-28-55(50)60-57(52)37-41/h1-37H. The van der Waals surface area contributed by atoms with Crippen molar-refractivity contribution in [2.45, 2.75) is 0 Å². The Morgan fingerprint density at radius 1 is 0.279 bits per heavy atom. The van der Waals surface area contributed by atoms with Crippen LogP contribution < -0.4 is 4.90 Å². The summed E-state index contributed by atoms with van der Waals surface area (Å²) in [6, 6.07) is 80.0. The number of rotatable bonds is 7. The fraction of sp³-hybridized carbons (Fsp3) is 0. The molecular formula is C58H37NO2. The van der Waals surface area contributed by atoms with Crippen LogP contribution in [0.15, 0.2) is 233 Å². The second kappa shape index (κ2) is 14.3. The molecule has 0 radical (unpaired) electrons. The van der Waals surface area contributed by atoms with Gasteiger partial charge in [0.25, 0.3) is 0 Å². The van der Waals surface area contributed by atoms with Crippen molar-refractivity contribution in [3.63, 3.8) is 0 Å². The summed E-state index contributed by atoms with van der Waals surface area (Å²) in [7, 11) is 0. The topological polar surface area (TPSA) is 29.5 Å². The SMILES string of the molecule is c1cc(-c2ccccc2-c2cccc3ccccc23)cc(N(c2ccc(-c3cccc4c3oc3ccccc34)cc2)c2ccccc2-c2ccc3c(c2)oc2ccccc23)c1. The maximum absolute atomic E-state index is 6.47. The molecule has 0 aliphatic carbocycles. The maximum atomic E-state index is 6.47. The van der Waals surface area contributed by atoms with Gasteiger partial charge in [-0.1, -0.05) is 170 Å². The summed E-state index contributed by atoms with van der Waals surface area (Å²) in [6.07, 6.45) is 0. The van der Waals surface area contributed by atoms with Crippen LogP contribution in [0.5, 0.6) is 0 Å². The Morgan fingerprint density at radius 2 is 0.836 bits per heavy atom. The zero-order chi connectivity index (χ0) is 40.3. The summed E-state index contributed by atoms with van der Waals surface area (Å²) >= 11 is 0. The number of para-hydroxylation sites is 4. The van der Waals surface area contributed by atoms with E-state index < -0.39 is 0 Å². The Labute approximate surface area is 353 Å². The molecule has 0 saturated heterocycles. The van der Waals surface area contributed by atoms with Crippen molar-refractivity contribution < 1.29 is 8.83 Å². The highest BCUT2D eigenvalue weighted by atomic mass is 16.3. The fourth-order valence-corrected chi connectivity index (χ4v) is 9.24. The Hall–Kier alpha value is -8.14. The van der Waals surface area contributed by atoms with Gasteiger partial charge in [0.15, 0.2) is 0 Å². The van der Waals surface area contributed by atoms with E-state index in [1.54, 1.807) is 0 Å². The maximum Gasteiger partial charge on any atom is 0.143 e. The monoisotopic (exact) mass is 779 g/mol. The van der Waals surface area contributed by atoms with Gasteiger partial charge >= 0.3 is 0 Å². The summed E-state index contributed by atoms with van der Waals surface area (Å²) in [4.78, 5) is 2.38. The second-order valence-electron chi connectivity index (χ2n) is 15.6. The molecule has 10 aromatic carbocycles. The van der Waals surface area contributed by atoms with Crippen molar-refractivity contribution in [1.82, 2.24) is 0 Å². The molecule has 0 spiro atoms. The Morgan fingerprint density at radius 3 is 1.69 bits per heavy atom. The first-order valence-corrected chi connectivity index (χ1v) is 20.7. The molecule has 3 nitrogen and oxygen atoms in total. The molecule has 0 aliphatic rings. The summed E-state index contributed by atoms with van der Waals surface area (Å²) in [5.74, 6) is 0. The average molecular weight is 780 g/mol. The van der Waals surface area contributed by atoms with E-state index in [0.29, 0.717) is 0 Å². The number of hydrogen-bond donors (Lipinski definition) is 0. The predicted molar refractivity (Wildman–Crippen MR) is 255 cm³/mol. The van der Waals surface area contributed by atoms with Crippen molar-refractivity contribution in [1.29, 1.82) is 0 Å². The number of nitrogens with zero attached hydrogens (tertiary/aromatic N) is 1. The molecule has 2 heterocycles. The van der Waals surface area contributed by atoms with Crippen LogP contribution in [0.1, 0.15) is 0 Å². The first-order valence-electron chi connectivity index (χ1n) is 20.7. The zero-order valence-corrected chi connectivity index (χ0v) is 33.1. The van der Waals surface area contributed by atoms with Gasteiger partial charge in [0.1, 0.15) is 22.3 Å². The zero-order valence-electron chi connectivity index (χ0n) is 33.1. The third-order valence-electron chi connectivity index (χ3n) is 12.1. The van der Waals surface area contributed by atoms with Crippen molar-refractivity contribution in [2.75, 3.05) is 4.90 Å². The highest BCUT2D eigenvalue weighted by Crippen LogP contribution is 2.45. The number of fused-ring (bicyclic) bond motifs is 7. The first-order chi connectivity index (χ1) is 30.2. The van der Waals surface area contributed by atoms with Gasteiger partial charge in [-0.25, -0.2) is 0 Å². The van der Waals surface area contributed by atoms with Crippen molar-refractivity contribution in [3.05, 3.63) is 224 Å². The van der Waals surface area contributed by atoms with Crippen LogP contribution in [-0.2, 0) is 0 Å². The minimum atomic E-state index is 0.871. The quantitative estimate of drug-likeness (QED) is 0.161. The van der Waals surface area contributed by atoms with Crippen LogP contribution in [0.2, 0.25) is 0 Å². The highest BCUT2D eigenvalue weighted by Gasteiger charge is 2.21. The fourth-order valence-electron chi connectivity index (χ4n) is 9.24. The Kier molecular flexibility index (Phi) is 8.17. The molecule has 3 heteroatoms. The van der Waals surface area contributed by atoms with Crippen molar-refractivity contribution in [3.8, 4) is 44.5 Å². The molecule has 0 fully saturated rings. The Balaban J connectivity index is 1.03. The van der Waals surface area contributed by atoms with Crippen molar-refractivity contribution in [2.24, 2.45) is 0 Å². The smallest absolute Gasteiger partial charge is 0.143 e. The molecule has 2 aromatic heterocycles. The first kappa shape index (κ1) is 34.9. The van der Waals surface area contributed by atoms with Crippen LogP contribution in [0, 0.1) is 0 Å². The molecule has 0 aliphatic heterocycles. The van der Waals surface area contributed by atoms with E-state index in [4.69, 9.17) is 8.83 Å². The molecule has 0 saturated carbocycles. The molecule has 12 rings (SSSR count). The number of hydrogen-bond acceptors (Lipinski definition) is 3. The molecule has 61 heavy (non-hydrogen) atoms. The number of anilines is 3. The summed E-state index contributed by atoms with van der Waals surface area (Å²) < 4.78 is 12.9. The van der Waals surface area contributed by atoms with E-state index >= 15 is 0 Å². The molecule has 286 valence electrons. The molecular weight excluding hydrogens is 743 g/mol. The van der Waals surface area contributed by atoms with Gasteiger partial charge in [0.2, 0.25) is 0 Å². The third-order valence-corrected chi connectivity index (χ3v) is 12.1. The summed E-state index contributed by atoms with van der Waals surface area (Å²) in [5, 5.41) is 6.95. The molecule has 0 N–H and O–H groups in total. The largest absolute Gasteiger partial charge is 0.456 e. The second-order valence-corrected chi connectivity index (χ2v) is 15.6. The van der Waals surface area contributed by atoms with Gasteiger partial charge < -0.3 is 13.7 Å². The van der Waals surface area contributed by atoms with Crippen LogP contribution in [-0.4, -0.2) is 0 Å². The van der Waals surface area contributed by atoms with E-state index in [-0.39, 0.29) is 0 Å². The lowest BCUT2D eigenvalue weighted by Gasteiger charge is -2.28. The van der Waals surface area contributed by atoms with E-state index in [9.17, 15) is 0 Å². The predicted octanol–water partition coefficient (Wildman–Crippen LogP) is 16.8. The van der Waals surface area contributed by atoms with Crippen LogP contribution in [0.4, 0.5) is 17.1 Å². The Bertz CT molecular complexity index is 3600. The molecule has 12 aromatic rings. The van der Waals surface area contributed by atoms with Gasteiger partial charge in [-0.15, -0.1) is 0 Å². The molecule has 0 atom stereocenters. The van der Waals surface area contributed by atoms with Gasteiger partial charge in [0, 0.05) is 44.0 Å². The lowest BCUT2D eigenvalue weighted by Crippen LogP contribution is -2.11. The number of benzene rings is 10. The minimum Gasteiger partial charge on any atom is -0.456 e. The van der Waals surface area contributed by atoms with Gasteiger partial charge in [-0.05, 0) is 98.8 Å². The van der Waals surface area contributed by atoms with Gasteiger partial charge in [-0.3, -0.25) is 0 Å². The molecule has 0 bridgehead atoms.